The summed E-state index contributed by atoms with van der Waals surface area (Å²) in [6.07, 6.45) is 0.597. The smallest absolute Gasteiger partial charge is 0.323 e. The molecule has 1 atom stereocenters. The van der Waals surface area contributed by atoms with E-state index in [0.29, 0.717) is 13.0 Å². The zero-order valence-corrected chi connectivity index (χ0v) is 12.0. The average molecular weight is 317 g/mol. The monoisotopic (exact) mass is 316 g/mol. The fourth-order valence-corrected chi connectivity index (χ4v) is 3.18. The molecule has 17 heavy (non-hydrogen) atoms. The Morgan fingerprint density at radius 3 is 2.71 bits per heavy atom. The summed E-state index contributed by atoms with van der Waals surface area (Å²) in [5, 5.41) is 4.67. The van der Waals surface area contributed by atoms with Gasteiger partial charge < -0.3 is 5.32 Å². The molecule has 1 N–H and O–H groups in total. The Morgan fingerprint density at radius 1 is 1.53 bits per heavy atom. The molecule has 1 unspecified atom stereocenters. The number of urea groups is 1. The van der Waals surface area contributed by atoms with Crippen LogP contribution >= 0.6 is 27.3 Å². The molecule has 2 heterocycles. The zero-order valence-electron chi connectivity index (χ0n) is 9.62. The van der Waals surface area contributed by atoms with Gasteiger partial charge in [-0.25, -0.2) is 4.79 Å². The molecule has 0 radical (unpaired) electrons. The van der Waals surface area contributed by atoms with E-state index in [1.54, 1.807) is 6.92 Å². The van der Waals surface area contributed by atoms with Crippen molar-refractivity contribution in [3.8, 4) is 0 Å². The van der Waals surface area contributed by atoms with Gasteiger partial charge in [0.1, 0.15) is 5.54 Å². The van der Waals surface area contributed by atoms with E-state index in [1.807, 2.05) is 18.4 Å². The molecule has 0 spiro atoms. The van der Waals surface area contributed by atoms with Crippen LogP contribution in [0.15, 0.2) is 15.9 Å². The highest BCUT2D eigenvalue weighted by atomic mass is 79.9. The standard InChI is InChI=1S/C11H13BrN2O2S/c1-3-11(2)9(15)14(10(16)13-11)6-8-7(12)4-5-17-8/h4-5H,3,6H2,1-2H3,(H,13,16). The summed E-state index contributed by atoms with van der Waals surface area (Å²) in [4.78, 5) is 26.2. The van der Waals surface area contributed by atoms with Crippen LogP contribution in [0.4, 0.5) is 4.79 Å². The fourth-order valence-electron chi connectivity index (χ4n) is 1.71. The molecule has 1 aromatic heterocycles. The lowest BCUT2D eigenvalue weighted by Crippen LogP contribution is -2.43. The summed E-state index contributed by atoms with van der Waals surface area (Å²) < 4.78 is 0.938. The lowest BCUT2D eigenvalue weighted by Gasteiger charge is -2.19. The van der Waals surface area contributed by atoms with E-state index in [4.69, 9.17) is 0 Å². The highest BCUT2D eigenvalue weighted by Crippen LogP contribution is 2.28. The Kier molecular flexibility index (Phi) is 3.27. The number of amides is 3. The number of halogens is 1. The van der Waals surface area contributed by atoms with Crippen LogP contribution in [0.1, 0.15) is 25.1 Å². The molecule has 1 fully saturated rings. The molecule has 0 aliphatic carbocycles. The van der Waals surface area contributed by atoms with Crippen LogP contribution in [0.3, 0.4) is 0 Å². The van der Waals surface area contributed by atoms with Crippen molar-refractivity contribution in [3.05, 3.63) is 20.8 Å². The lowest BCUT2D eigenvalue weighted by atomic mass is 9.99. The number of hydrogen-bond acceptors (Lipinski definition) is 3. The van der Waals surface area contributed by atoms with Gasteiger partial charge >= 0.3 is 6.03 Å². The van der Waals surface area contributed by atoms with Crippen molar-refractivity contribution in [2.45, 2.75) is 32.4 Å². The maximum atomic E-state index is 12.1. The van der Waals surface area contributed by atoms with Crippen molar-refractivity contribution in [1.82, 2.24) is 10.2 Å². The molecule has 1 aliphatic heterocycles. The van der Waals surface area contributed by atoms with E-state index in [-0.39, 0.29) is 11.9 Å². The second kappa shape index (κ2) is 4.42. The van der Waals surface area contributed by atoms with E-state index in [2.05, 4.69) is 21.2 Å². The first-order valence-electron chi connectivity index (χ1n) is 5.34. The van der Waals surface area contributed by atoms with Crippen molar-refractivity contribution in [2.24, 2.45) is 0 Å². The highest BCUT2D eigenvalue weighted by Gasteiger charge is 2.46. The molecule has 0 bridgehead atoms. The molecule has 1 saturated heterocycles. The van der Waals surface area contributed by atoms with Crippen LogP contribution in [0.2, 0.25) is 0 Å². The quantitative estimate of drug-likeness (QED) is 0.872. The molecule has 3 amide bonds. The number of carbonyl (C=O) groups is 2. The molecule has 0 saturated carbocycles. The van der Waals surface area contributed by atoms with Gasteiger partial charge in [0.05, 0.1) is 6.54 Å². The van der Waals surface area contributed by atoms with Gasteiger partial charge in [0.15, 0.2) is 0 Å². The van der Waals surface area contributed by atoms with Crippen molar-refractivity contribution < 1.29 is 9.59 Å². The van der Waals surface area contributed by atoms with Crippen molar-refractivity contribution in [1.29, 1.82) is 0 Å². The first-order chi connectivity index (χ1) is 7.98. The number of imide groups is 1. The van der Waals surface area contributed by atoms with E-state index in [1.165, 1.54) is 16.2 Å². The third-order valence-electron chi connectivity index (χ3n) is 3.05. The van der Waals surface area contributed by atoms with E-state index >= 15 is 0 Å². The van der Waals surface area contributed by atoms with Crippen LogP contribution in [-0.4, -0.2) is 22.4 Å². The predicted octanol–water partition coefficient (Wildman–Crippen LogP) is 2.73. The van der Waals surface area contributed by atoms with Gasteiger partial charge in [-0.2, -0.15) is 0 Å². The number of rotatable bonds is 3. The van der Waals surface area contributed by atoms with E-state index < -0.39 is 5.54 Å². The Morgan fingerprint density at radius 2 is 2.24 bits per heavy atom. The molecule has 4 nitrogen and oxygen atoms in total. The maximum Gasteiger partial charge on any atom is 0.325 e. The summed E-state index contributed by atoms with van der Waals surface area (Å²) in [6, 6.07) is 1.61. The largest absolute Gasteiger partial charge is 0.325 e. The summed E-state index contributed by atoms with van der Waals surface area (Å²) in [6.45, 7) is 3.98. The third kappa shape index (κ3) is 2.11. The van der Waals surface area contributed by atoms with Gasteiger partial charge in [-0.1, -0.05) is 6.92 Å². The normalized spacial score (nSPS) is 24.3. The highest BCUT2D eigenvalue weighted by molar-refractivity contribution is 9.10. The Hall–Kier alpha value is -0.880. The van der Waals surface area contributed by atoms with Gasteiger partial charge in [0.2, 0.25) is 0 Å². The Labute approximate surface area is 112 Å². The van der Waals surface area contributed by atoms with Crippen LogP contribution in [0.5, 0.6) is 0 Å². The fraction of sp³-hybridized carbons (Fsp3) is 0.455. The zero-order chi connectivity index (χ0) is 12.6. The molecular formula is C11H13BrN2O2S. The topological polar surface area (TPSA) is 49.4 Å². The molecular weight excluding hydrogens is 304 g/mol. The van der Waals surface area contributed by atoms with Crippen LogP contribution in [0, 0.1) is 0 Å². The van der Waals surface area contributed by atoms with E-state index in [9.17, 15) is 9.59 Å². The first kappa shape index (κ1) is 12.6. The Balaban J connectivity index is 2.21. The number of nitrogens with zero attached hydrogens (tertiary/aromatic N) is 1. The van der Waals surface area contributed by atoms with Gasteiger partial charge in [-0.15, -0.1) is 11.3 Å². The SMILES string of the molecule is CCC1(C)NC(=O)N(Cc2sccc2Br)C1=O. The van der Waals surface area contributed by atoms with Gasteiger partial charge in [-0.05, 0) is 40.7 Å². The number of thiophene rings is 1. The molecule has 1 aromatic rings. The average Bonchev–Trinajstić information content (AvgIpc) is 2.78. The summed E-state index contributed by atoms with van der Waals surface area (Å²) in [5.41, 5.74) is -0.749. The van der Waals surface area contributed by atoms with Crippen LogP contribution in [-0.2, 0) is 11.3 Å². The number of nitrogens with one attached hydrogen (secondary N) is 1. The minimum Gasteiger partial charge on any atom is -0.323 e. The molecule has 92 valence electrons. The van der Waals surface area contributed by atoms with Crippen LogP contribution < -0.4 is 5.32 Å². The molecule has 0 aromatic carbocycles. The lowest BCUT2D eigenvalue weighted by molar-refractivity contribution is -0.131. The second-order valence-corrected chi connectivity index (χ2v) is 6.05. The minimum absolute atomic E-state index is 0.148. The number of hydrogen-bond donors (Lipinski definition) is 1. The maximum absolute atomic E-state index is 12.1. The van der Waals surface area contributed by atoms with Gasteiger partial charge in [0.25, 0.3) is 5.91 Å². The van der Waals surface area contributed by atoms with Crippen molar-refractivity contribution >= 4 is 39.2 Å². The van der Waals surface area contributed by atoms with Crippen LogP contribution in [0.25, 0.3) is 0 Å². The Bertz CT molecular complexity index is 474. The summed E-state index contributed by atoms with van der Waals surface area (Å²) in [5.74, 6) is -0.148. The summed E-state index contributed by atoms with van der Waals surface area (Å²) >= 11 is 4.93. The number of carbonyl (C=O) groups excluding carboxylic acids is 2. The minimum atomic E-state index is -0.749. The third-order valence-corrected chi connectivity index (χ3v) is 4.96. The van der Waals surface area contributed by atoms with Gasteiger partial charge in [-0.3, -0.25) is 9.69 Å². The van der Waals surface area contributed by atoms with Gasteiger partial charge in [0, 0.05) is 9.35 Å². The van der Waals surface area contributed by atoms with Crippen molar-refractivity contribution in [2.75, 3.05) is 0 Å². The molecule has 6 heteroatoms. The molecule has 2 rings (SSSR count). The van der Waals surface area contributed by atoms with E-state index in [0.717, 1.165) is 9.35 Å². The second-order valence-electron chi connectivity index (χ2n) is 4.20. The predicted molar refractivity (Wildman–Crippen MR) is 69.8 cm³/mol. The molecule has 1 aliphatic rings. The van der Waals surface area contributed by atoms with Crippen molar-refractivity contribution in [3.63, 3.8) is 0 Å². The first-order valence-corrected chi connectivity index (χ1v) is 7.01. The summed E-state index contributed by atoms with van der Waals surface area (Å²) in [7, 11) is 0.